The Morgan fingerprint density at radius 3 is 2.57 bits per heavy atom. The van der Waals surface area contributed by atoms with Crippen LogP contribution in [0.2, 0.25) is 0 Å². The highest BCUT2D eigenvalue weighted by Crippen LogP contribution is 2.20. The summed E-state index contributed by atoms with van der Waals surface area (Å²) in [6, 6.07) is 0. The van der Waals surface area contributed by atoms with Gasteiger partial charge in [0.2, 0.25) is 0 Å². The molecule has 2 heteroatoms. The predicted molar refractivity (Wildman–Crippen MR) is 58.5 cm³/mol. The molecule has 0 heterocycles. The van der Waals surface area contributed by atoms with E-state index in [4.69, 9.17) is 9.47 Å². The van der Waals surface area contributed by atoms with Gasteiger partial charge in [-0.25, -0.2) is 0 Å². The molecular formula is C12H24O2. The summed E-state index contributed by atoms with van der Waals surface area (Å²) in [6.45, 7) is 6.84. The summed E-state index contributed by atoms with van der Waals surface area (Å²) in [5, 5.41) is 0. The lowest BCUT2D eigenvalue weighted by Gasteiger charge is -2.12. The van der Waals surface area contributed by atoms with Crippen molar-refractivity contribution in [2.75, 3.05) is 19.8 Å². The van der Waals surface area contributed by atoms with E-state index in [1.807, 2.05) is 0 Å². The summed E-state index contributed by atoms with van der Waals surface area (Å²) >= 11 is 0. The summed E-state index contributed by atoms with van der Waals surface area (Å²) in [7, 11) is 0. The molecule has 2 nitrogen and oxygen atoms in total. The van der Waals surface area contributed by atoms with Crippen LogP contribution in [0.25, 0.3) is 0 Å². The fourth-order valence-corrected chi connectivity index (χ4v) is 1.73. The van der Waals surface area contributed by atoms with Gasteiger partial charge in [-0.05, 0) is 18.8 Å². The van der Waals surface area contributed by atoms with Crippen molar-refractivity contribution in [2.24, 2.45) is 5.92 Å². The van der Waals surface area contributed by atoms with E-state index < -0.39 is 0 Å². The van der Waals surface area contributed by atoms with Crippen LogP contribution >= 0.6 is 0 Å². The van der Waals surface area contributed by atoms with E-state index in [2.05, 4.69) is 13.8 Å². The van der Waals surface area contributed by atoms with Gasteiger partial charge in [-0.15, -0.1) is 0 Å². The average Bonchev–Trinajstić information content (AvgIpc) is 2.69. The van der Waals surface area contributed by atoms with Crippen LogP contribution in [-0.2, 0) is 9.47 Å². The minimum absolute atomic E-state index is 0.530. The molecule has 1 rings (SSSR count). The number of rotatable bonds is 7. The van der Waals surface area contributed by atoms with Crippen molar-refractivity contribution in [1.29, 1.82) is 0 Å². The Balaban J connectivity index is 1.84. The molecule has 0 aliphatic heterocycles. The Labute approximate surface area is 88.0 Å². The predicted octanol–water partition coefficient (Wildman–Crippen LogP) is 3.01. The van der Waals surface area contributed by atoms with Crippen molar-refractivity contribution >= 4 is 0 Å². The van der Waals surface area contributed by atoms with Gasteiger partial charge in [-0.3, -0.25) is 0 Å². The smallest absolute Gasteiger partial charge is 0.0704 e. The summed E-state index contributed by atoms with van der Waals surface area (Å²) in [4.78, 5) is 0. The van der Waals surface area contributed by atoms with E-state index in [9.17, 15) is 0 Å². The fourth-order valence-electron chi connectivity index (χ4n) is 1.73. The van der Waals surface area contributed by atoms with Crippen LogP contribution in [0.3, 0.4) is 0 Å². The van der Waals surface area contributed by atoms with Crippen molar-refractivity contribution in [3.8, 4) is 0 Å². The minimum atomic E-state index is 0.530. The Morgan fingerprint density at radius 2 is 1.93 bits per heavy atom. The minimum Gasteiger partial charge on any atom is -0.379 e. The lowest BCUT2D eigenvalue weighted by Crippen LogP contribution is -2.14. The van der Waals surface area contributed by atoms with Crippen LogP contribution in [0.15, 0.2) is 0 Å². The quantitative estimate of drug-likeness (QED) is 0.588. The lowest BCUT2D eigenvalue weighted by molar-refractivity contribution is 0.000803. The van der Waals surface area contributed by atoms with Gasteiger partial charge in [0.05, 0.1) is 19.3 Å². The van der Waals surface area contributed by atoms with Crippen molar-refractivity contribution in [2.45, 2.75) is 52.1 Å². The Hall–Kier alpha value is -0.0800. The van der Waals surface area contributed by atoms with Crippen LogP contribution in [0, 0.1) is 5.92 Å². The van der Waals surface area contributed by atoms with Crippen LogP contribution in [0.4, 0.5) is 0 Å². The van der Waals surface area contributed by atoms with E-state index >= 15 is 0 Å². The van der Waals surface area contributed by atoms with Gasteiger partial charge in [0.1, 0.15) is 0 Å². The van der Waals surface area contributed by atoms with Gasteiger partial charge in [0.15, 0.2) is 0 Å². The maximum absolute atomic E-state index is 5.69. The average molecular weight is 200 g/mol. The zero-order valence-electron chi connectivity index (χ0n) is 9.63. The van der Waals surface area contributed by atoms with E-state index in [0.717, 1.165) is 19.8 Å². The van der Waals surface area contributed by atoms with Gasteiger partial charge < -0.3 is 9.47 Å². The molecule has 0 aromatic carbocycles. The maximum atomic E-state index is 5.69. The standard InChI is InChI=1S/C12H24O2/c1-3-11(2)10-13-8-9-14-12-6-4-5-7-12/h11-12H,3-10H2,1-2H3. The molecule has 1 aliphatic rings. The third-order valence-corrected chi connectivity index (χ3v) is 2.98. The summed E-state index contributed by atoms with van der Waals surface area (Å²) in [5.74, 6) is 0.682. The summed E-state index contributed by atoms with van der Waals surface area (Å²) in [5.41, 5.74) is 0. The number of hydrogen-bond acceptors (Lipinski definition) is 2. The SMILES string of the molecule is CCC(C)COCCOC1CCCC1. The Kier molecular flexibility index (Phi) is 6.20. The largest absolute Gasteiger partial charge is 0.379 e. The third kappa shape index (κ3) is 4.97. The first-order valence-electron chi connectivity index (χ1n) is 6.02. The van der Waals surface area contributed by atoms with Crippen LogP contribution in [-0.4, -0.2) is 25.9 Å². The number of hydrogen-bond donors (Lipinski definition) is 0. The zero-order chi connectivity index (χ0) is 10.2. The maximum Gasteiger partial charge on any atom is 0.0704 e. The zero-order valence-corrected chi connectivity index (χ0v) is 9.63. The van der Waals surface area contributed by atoms with Crippen LogP contribution in [0.5, 0.6) is 0 Å². The second-order valence-electron chi connectivity index (χ2n) is 4.37. The third-order valence-electron chi connectivity index (χ3n) is 2.98. The molecule has 0 amide bonds. The molecule has 1 fully saturated rings. The van der Waals surface area contributed by atoms with Crippen molar-refractivity contribution in [3.05, 3.63) is 0 Å². The topological polar surface area (TPSA) is 18.5 Å². The highest BCUT2D eigenvalue weighted by Gasteiger charge is 2.14. The molecule has 0 saturated heterocycles. The first-order chi connectivity index (χ1) is 6.83. The monoisotopic (exact) mass is 200 g/mol. The molecule has 0 radical (unpaired) electrons. The first-order valence-corrected chi connectivity index (χ1v) is 6.02. The molecule has 1 atom stereocenters. The van der Waals surface area contributed by atoms with E-state index in [-0.39, 0.29) is 0 Å². The molecular weight excluding hydrogens is 176 g/mol. The second-order valence-corrected chi connectivity index (χ2v) is 4.37. The van der Waals surface area contributed by atoms with Gasteiger partial charge in [0.25, 0.3) is 0 Å². The molecule has 1 aliphatic carbocycles. The van der Waals surface area contributed by atoms with Crippen molar-refractivity contribution < 1.29 is 9.47 Å². The Bertz CT molecular complexity index is 130. The van der Waals surface area contributed by atoms with E-state index in [1.54, 1.807) is 0 Å². The normalized spacial score (nSPS) is 20.1. The summed E-state index contributed by atoms with van der Waals surface area (Å²) in [6.07, 6.45) is 6.93. The Morgan fingerprint density at radius 1 is 1.21 bits per heavy atom. The van der Waals surface area contributed by atoms with E-state index in [1.165, 1.54) is 32.1 Å². The molecule has 84 valence electrons. The highest BCUT2D eigenvalue weighted by molar-refractivity contribution is 4.66. The molecule has 0 aromatic heterocycles. The highest BCUT2D eigenvalue weighted by atomic mass is 16.5. The summed E-state index contributed by atoms with van der Waals surface area (Å²) < 4.78 is 11.2. The van der Waals surface area contributed by atoms with Gasteiger partial charge >= 0.3 is 0 Å². The van der Waals surface area contributed by atoms with E-state index in [0.29, 0.717) is 12.0 Å². The molecule has 1 saturated carbocycles. The molecule has 0 spiro atoms. The van der Waals surface area contributed by atoms with Crippen molar-refractivity contribution in [3.63, 3.8) is 0 Å². The number of ether oxygens (including phenoxy) is 2. The van der Waals surface area contributed by atoms with Gasteiger partial charge in [0, 0.05) is 6.61 Å². The molecule has 0 N–H and O–H groups in total. The first kappa shape index (κ1) is 12.0. The van der Waals surface area contributed by atoms with Crippen LogP contribution < -0.4 is 0 Å². The van der Waals surface area contributed by atoms with Crippen molar-refractivity contribution in [1.82, 2.24) is 0 Å². The molecule has 0 aromatic rings. The fraction of sp³-hybridized carbons (Fsp3) is 1.00. The molecule has 14 heavy (non-hydrogen) atoms. The van der Waals surface area contributed by atoms with Crippen LogP contribution in [0.1, 0.15) is 46.0 Å². The second kappa shape index (κ2) is 7.24. The molecule has 0 bridgehead atoms. The molecule has 1 unspecified atom stereocenters. The van der Waals surface area contributed by atoms with Gasteiger partial charge in [-0.2, -0.15) is 0 Å². The van der Waals surface area contributed by atoms with Gasteiger partial charge in [-0.1, -0.05) is 33.1 Å². The lowest BCUT2D eigenvalue weighted by atomic mass is 10.1.